The Hall–Kier alpha value is -1.86. The van der Waals surface area contributed by atoms with Crippen LogP contribution in [0.15, 0.2) is 93.9 Å². The number of hydrogen-bond donors (Lipinski definition) is 2. The molecule has 0 N–H and O–H groups in total. The number of halogens is 2. The van der Waals surface area contributed by atoms with Crippen LogP contribution in [0.2, 0.25) is 0 Å². The van der Waals surface area contributed by atoms with Crippen molar-refractivity contribution < 1.29 is 0 Å². The van der Waals surface area contributed by atoms with Gasteiger partial charge >= 0.3 is 0 Å². The van der Waals surface area contributed by atoms with Gasteiger partial charge in [-0.05, 0) is 46.2 Å². The lowest BCUT2D eigenvalue weighted by Crippen LogP contribution is -2.09. The van der Waals surface area contributed by atoms with E-state index in [0.29, 0.717) is 0 Å². The molecule has 6 heteroatoms. The first-order chi connectivity index (χ1) is 15.5. The van der Waals surface area contributed by atoms with Gasteiger partial charge in [-0.3, -0.25) is 0 Å². The summed E-state index contributed by atoms with van der Waals surface area (Å²) in [6.45, 7) is 0. The van der Waals surface area contributed by atoms with Gasteiger partial charge in [-0.15, -0.1) is 0 Å². The molecule has 1 heterocycles. The normalized spacial score (nSPS) is 13.4. The predicted octanol–water partition coefficient (Wildman–Crippen LogP) is 8.35. The van der Waals surface area contributed by atoms with Gasteiger partial charge in [0.15, 0.2) is 0 Å². The monoisotopic (exact) mass is 580 g/mol. The Kier molecular flexibility index (Phi) is 6.30. The zero-order chi connectivity index (χ0) is 22.2. The lowest BCUT2D eigenvalue weighted by atomic mass is 10.0. The Morgan fingerprint density at radius 1 is 0.562 bits per heavy atom. The fourth-order valence-corrected chi connectivity index (χ4v) is 6.07. The first kappa shape index (κ1) is 22.0. The zero-order valence-corrected chi connectivity index (χ0v) is 21.7. The Morgan fingerprint density at radius 2 is 0.938 bits per heavy atom. The highest BCUT2D eigenvalue weighted by Gasteiger charge is 2.25. The van der Waals surface area contributed by atoms with E-state index in [9.17, 15) is 0 Å². The van der Waals surface area contributed by atoms with Gasteiger partial charge in [0.25, 0.3) is 0 Å². The third-order valence-electron chi connectivity index (χ3n) is 5.50. The van der Waals surface area contributed by atoms with E-state index in [2.05, 4.69) is 68.3 Å². The minimum Gasteiger partial charge on any atom is -0.248 e. The molecule has 1 aromatic heterocycles. The van der Waals surface area contributed by atoms with Crippen LogP contribution in [-0.4, -0.2) is 9.97 Å². The topological polar surface area (TPSA) is 25.8 Å². The van der Waals surface area contributed by atoms with E-state index < -0.39 is 0 Å². The molecule has 0 radical (unpaired) electrons. The Balaban J connectivity index is 1.77. The van der Waals surface area contributed by atoms with E-state index in [1.54, 1.807) is 0 Å². The van der Waals surface area contributed by atoms with Crippen LogP contribution in [0.4, 0.5) is 0 Å². The van der Waals surface area contributed by atoms with Crippen LogP contribution in [-0.2, 0) is 0 Å². The van der Waals surface area contributed by atoms with Gasteiger partial charge in [-0.1, -0.05) is 92.5 Å². The molecule has 2 atom stereocenters. The first-order valence-electron chi connectivity index (χ1n) is 10.1. The van der Waals surface area contributed by atoms with Crippen molar-refractivity contribution in [3.63, 3.8) is 0 Å². The molecule has 0 aliphatic rings. The van der Waals surface area contributed by atoms with Crippen molar-refractivity contribution in [1.82, 2.24) is 9.97 Å². The van der Waals surface area contributed by atoms with E-state index in [1.807, 2.05) is 48.5 Å². The highest BCUT2D eigenvalue weighted by Crippen LogP contribution is 2.41. The van der Waals surface area contributed by atoms with Crippen LogP contribution in [0.3, 0.4) is 0 Å². The van der Waals surface area contributed by atoms with Crippen molar-refractivity contribution in [2.45, 2.75) is 10.5 Å². The molecule has 0 amide bonds. The maximum Gasteiger partial charge on any atom is 0.0897 e. The summed E-state index contributed by atoms with van der Waals surface area (Å²) < 4.78 is 1.98. The second-order valence-electron chi connectivity index (χ2n) is 7.53. The van der Waals surface area contributed by atoms with E-state index in [1.165, 1.54) is 0 Å². The van der Waals surface area contributed by atoms with Crippen LogP contribution >= 0.6 is 57.1 Å². The molecular formula is C26H18Br2N2S2. The van der Waals surface area contributed by atoms with Gasteiger partial charge in [0.05, 0.1) is 32.9 Å². The summed E-state index contributed by atoms with van der Waals surface area (Å²) in [4.78, 5) is 10.2. The molecule has 0 fully saturated rings. The molecule has 2 nitrogen and oxygen atoms in total. The summed E-state index contributed by atoms with van der Waals surface area (Å²) in [6, 6.07) is 28.6. The molecule has 2 unspecified atom stereocenters. The molecule has 4 aromatic carbocycles. The summed E-state index contributed by atoms with van der Waals surface area (Å²) in [7, 11) is 0. The number of aromatic nitrogens is 2. The standard InChI is InChI=1S/C26H18Br2N2S2/c27-19-11-5-3-9-17(19)25(31)23-24(26(32)18-10-4-6-12-20(18)28)30-22-14-16-8-2-1-7-15(16)13-21(22)29-23/h1-14,25-26,31-32H. The lowest BCUT2D eigenvalue weighted by Gasteiger charge is -2.21. The van der Waals surface area contributed by atoms with E-state index in [-0.39, 0.29) is 10.5 Å². The quantitative estimate of drug-likeness (QED) is 0.165. The summed E-state index contributed by atoms with van der Waals surface area (Å²) in [6.07, 6.45) is 0. The molecule has 158 valence electrons. The number of benzene rings is 4. The number of thiol groups is 2. The minimum absolute atomic E-state index is 0.263. The number of rotatable bonds is 4. The summed E-state index contributed by atoms with van der Waals surface area (Å²) in [5, 5.41) is 1.75. The molecule has 0 spiro atoms. The SMILES string of the molecule is SC(c1ccccc1Br)c1nc2cc3ccccc3cc2nc1C(S)c1ccccc1Br. The fraction of sp³-hybridized carbons (Fsp3) is 0.0769. The van der Waals surface area contributed by atoms with Crippen molar-refractivity contribution in [3.8, 4) is 0 Å². The van der Waals surface area contributed by atoms with Crippen molar-refractivity contribution in [1.29, 1.82) is 0 Å². The van der Waals surface area contributed by atoms with Crippen LogP contribution in [0.5, 0.6) is 0 Å². The number of hydrogen-bond acceptors (Lipinski definition) is 4. The second kappa shape index (κ2) is 9.18. The highest BCUT2D eigenvalue weighted by molar-refractivity contribution is 9.10. The van der Waals surface area contributed by atoms with Crippen molar-refractivity contribution in [2.24, 2.45) is 0 Å². The zero-order valence-electron chi connectivity index (χ0n) is 16.8. The maximum absolute atomic E-state index is 5.10. The molecule has 5 aromatic rings. The maximum atomic E-state index is 5.10. The Labute approximate surface area is 214 Å². The largest absolute Gasteiger partial charge is 0.248 e. The van der Waals surface area contributed by atoms with E-state index in [4.69, 9.17) is 35.2 Å². The summed E-state index contributed by atoms with van der Waals surface area (Å²) in [5.74, 6) is 0. The Morgan fingerprint density at radius 3 is 1.34 bits per heavy atom. The summed E-state index contributed by atoms with van der Waals surface area (Å²) in [5.41, 5.74) is 5.39. The molecule has 32 heavy (non-hydrogen) atoms. The molecule has 0 saturated heterocycles. The number of nitrogens with zero attached hydrogens (tertiary/aromatic N) is 2. The first-order valence-corrected chi connectivity index (χ1v) is 12.7. The molecule has 0 bridgehead atoms. The van der Waals surface area contributed by atoms with Crippen molar-refractivity contribution in [3.05, 3.63) is 116 Å². The average Bonchev–Trinajstić information content (AvgIpc) is 2.81. The fourth-order valence-electron chi connectivity index (χ4n) is 3.86. The van der Waals surface area contributed by atoms with Gasteiger partial charge in [-0.2, -0.15) is 25.3 Å². The van der Waals surface area contributed by atoms with E-state index >= 15 is 0 Å². The third kappa shape index (κ3) is 4.10. The third-order valence-corrected chi connectivity index (χ3v) is 7.99. The van der Waals surface area contributed by atoms with Crippen molar-refractivity contribution in [2.75, 3.05) is 0 Å². The van der Waals surface area contributed by atoms with Crippen molar-refractivity contribution >= 4 is 78.9 Å². The number of fused-ring (bicyclic) bond motifs is 2. The van der Waals surface area contributed by atoms with Gasteiger partial charge < -0.3 is 0 Å². The van der Waals surface area contributed by atoms with Crippen LogP contribution < -0.4 is 0 Å². The molecular weight excluding hydrogens is 564 g/mol. The van der Waals surface area contributed by atoms with E-state index in [0.717, 1.165) is 53.3 Å². The minimum atomic E-state index is -0.263. The van der Waals surface area contributed by atoms with Crippen LogP contribution in [0.25, 0.3) is 21.8 Å². The lowest BCUT2D eigenvalue weighted by molar-refractivity contribution is 0.946. The molecule has 0 aliphatic carbocycles. The highest BCUT2D eigenvalue weighted by atomic mass is 79.9. The van der Waals surface area contributed by atoms with Gasteiger partial charge in [0.1, 0.15) is 0 Å². The van der Waals surface area contributed by atoms with Gasteiger partial charge in [0, 0.05) is 8.95 Å². The molecule has 5 rings (SSSR count). The van der Waals surface area contributed by atoms with Gasteiger partial charge in [0.2, 0.25) is 0 Å². The molecule has 0 saturated carbocycles. The second-order valence-corrected chi connectivity index (χ2v) is 10.3. The average molecular weight is 582 g/mol. The molecule has 0 aliphatic heterocycles. The predicted molar refractivity (Wildman–Crippen MR) is 147 cm³/mol. The summed E-state index contributed by atoms with van der Waals surface area (Å²) >= 11 is 17.3. The van der Waals surface area contributed by atoms with Gasteiger partial charge in [-0.25, -0.2) is 9.97 Å². The van der Waals surface area contributed by atoms with Crippen LogP contribution in [0.1, 0.15) is 33.0 Å². The van der Waals surface area contributed by atoms with Crippen LogP contribution in [0, 0.1) is 0 Å². The smallest absolute Gasteiger partial charge is 0.0897 e. The Bertz CT molecular complexity index is 1350.